The standard InChI is InChI=1S/C30H28N6/c1-3-11-23(12-4-1)21-35-27-17-9-7-15-25(27)33-29(35)31-19-20-32-30-34-26-16-8-10-18-28(26)36(30)22-24-13-5-2-6-14-24/h1-18H,19-22H2,(H,31,33)(H,32,34). The molecule has 178 valence electrons. The normalized spacial score (nSPS) is 11.2. The third-order valence-corrected chi connectivity index (χ3v) is 6.37. The maximum atomic E-state index is 4.86. The molecule has 6 aromatic rings. The van der Waals surface area contributed by atoms with Gasteiger partial charge in [0, 0.05) is 13.1 Å². The number of nitrogens with zero attached hydrogens (tertiary/aromatic N) is 4. The summed E-state index contributed by atoms with van der Waals surface area (Å²) in [5.74, 6) is 1.75. The smallest absolute Gasteiger partial charge is 0.204 e. The Balaban J connectivity index is 1.19. The Kier molecular flexibility index (Phi) is 6.06. The lowest BCUT2D eigenvalue weighted by molar-refractivity contribution is 0.811. The zero-order valence-corrected chi connectivity index (χ0v) is 20.0. The van der Waals surface area contributed by atoms with E-state index in [1.165, 1.54) is 11.1 Å². The monoisotopic (exact) mass is 472 g/mol. The van der Waals surface area contributed by atoms with Gasteiger partial charge in [0.15, 0.2) is 0 Å². The Hall–Kier alpha value is -4.58. The van der Waals surface area contributed by atoms with Crippen molar-refractivity contribution in [3.05, 3.63) is 120 Å². The van der Waals surface area contributed by atoms with Crippen molar-refractivity contribution in [2.75, 3.05) is 23.7 Å². The molecule has 0 saturated carbocycles. The number of anilines is 2. The largest absolute Gasteiger partial charge is 0.354 e. The van der Waals surface area contributed by atoms with Crippen LogP contribution in [0.1, 0.15) is 11.1 Å². The first-order valence-corrected chi connectivity index (χ1v) is 12.3. The number of hydrogen-bond acceptors (Lipinski definition) is 4. The molecule has 0 aliphatic carbocycles. The van der Waals surface area contributed by atoms with Crippen molar-refractivity contribution in [2.24, 2.45) is 0 Å². The van der Waals surface area contributed by atoms with Gasteiger partial charge in [0.25, 0.3) is 0 Å². The summed E-state index contributed by atoms with van der Waals surface area (Å²) in [7, 11) is 0. The zero-order chi connectivity index (χ0) is 24.2. The second-order valence-corrected chi connectivity index (χ2v) is 8.85. The first kappa shape index (κ1) is 21.9. The van der Waals surface area contributed by atoms with E-state index in [0.29, 0.717) is 13.1 Å². The summed E-state index contributed by atoms with van der Waals surface area (Å²) < 4.78 is 4.49. The Morgan fingerprint density at radius 3 is 1.31 bits per heavy atom. The number of rotatable bonds is 9. The molecule has 0 radical (unpaired) electrons. The molecule has 2 N–H and O–H groups in total. The number of aromatic nitrogens is 4. The third kappa shape index (κ3) is 4.53. The molecule has 0 atom stereocenters. The van der Waals surface area contributed by atoms with Gasteiger partial charge in [-0.3, -0.25) is 0 Å². The van der Waals surface area contributed by atoms with Gasteiger partial charge in [-0.25, -0.2) is 9.97 Å². The van der Waals surface area contributed by atoms with Gasteiger partial charge in [0.1, 0.15) is 0 Å². The minimum absolute atomic E-state index is 0.715. The molecule has 2 heterocycles. The first-order valence-electron chi connectivity index (χ1n) is 12.3. The summed E-state index contributed by atoms with van der Waals surface area (Å²) >= 11 is 0. The molecule has 0 bridgehead atoms. The van der Waals surface area contributed by atoms with Gasteiger partial charge in [-0.2, -0.15) is 0 Å². The molecule has 0 fully saturated rings. The SMILES string of the molecule is c1ccc(Cn2c(NCCNc3nc4ccccc4n3Cc3ccccc3)nc3ccccc32)cc1. The lowest BCUT2D eigenvalue weighted by Gasteiger charge is -2.13. The Morgan fingerprint density at radius 2 is 0.861 bits per heavy atom. The molecule has 6 heteroatoms. The molecule has 0 saturated heterocycles. The number of hydrogen-bond donors (Lipinski definition) is 2. The average molecular weight is 473 g/mol. The fourth-order valence-electron chi connectivity index (χ4n) is 4.62. The van der Waals surface area contributed by atoms with Crippen LogP contribution in [0.3, 0.4) is 0 Å². The first-order chi connectivity index (χ1) is 17.8. The minimum atomic E-state index is 0.715. The highest BCUT2D eigenvalue weighted by atomic mass is 15.2. The highest BCUT2D eigenvalue weighted by Gasteiger charge is 2.12. The molecule has 6 nitrogen and oxygen atoms in total. The van der Waals surface area contributed by atoms with E-state index < -0.39 is 0 Å². The van der Waals surface area contributed by atoms with Crippen molar-refractivity contribution in [1.29, 1.82) is 0 Å². The van der Waals surface area contributed by atoms with Crippen LogP contribution in [0, 0.1) is 0 Å². The molecule has 0 unspecified atom stereocenters. The van der Waals surface area contributed by atoms with Crippen LogP contribution in [0.2, 0.25) is 0 Å². The van der Waals surface area contributed by atoms with E-state index in [2.05, 4.69) is 105 Å². The van der Waals surface area contributed by atoms with Gasteiger partial charge in [0.2, 0.25) is 11.9 Å². The van der Waals surface area contributed by atoms with E-state index in [0.717, 1.165) is 47.1 Å². The van der Waals surface area contributed by atoms with Crippen LogP contribution in [0.15, 0.2) is 109 Å². The van der Waals surface area contributed by atoms with E-state index in [1.54, 1.807) is 0 Å². The highest BCUT2D eigenvalue weighted by Crippen LogP contribution is 2.23. The number of para-hydroxylation sites is 4. The maximum Gasteiger partial charge on any atom is 0.204 e. The number of nitrogens with one attached hydrogen (secondary N) is 2. The van der Waals surface area contributed by atoms with Gasteiger partial charge in [0.05, 0.1) is 35.2 Å². The van der Waals surface area contributed by atoms with Crippen molar-refractivity contribution in [3.63, 3.8) is 0 Å². The molecule has 0 aliphatic heterocycles. The molecule has 6 rings (SSSR count). The molecule has 0 amide bonds. The van der Waals surface area contributed by atoms with Gasteiger partial charge in [-0.05, 0) is 35.4 Å². The van der Waals surface area contributed by atoms with Crippen molar-refractivity contribution in [3.8, 4) is 0 Å². The summed E-state index contributed by atoms with van der Waals surface area (Å²) in [6, 6.07) is 37.6. The summed E-state index contributed by atoms with van der Waals surface area (Å²) in [6.45, 7) is 2.97. The second-order valence-electron chi connectivity index (χ2n) is 8.85. The van der Waals surface area contributed by atoms with E-state index in [4.69, 9.17) is 9.97 Å². The van der Waals surface area contributed by atoms with Crippen LogP contribution >= 0.6 is 0 Å². The molecule has 0 spiro atoms. The molecule has 4 aromatic carbocycles. The number of fused-ring (bicyclic) bond motifs is 2. The zero-order valence-electron chi connectivity index (χ0n) is 20.0. The maximum absolute atomic E-state index is 4.86. The van der Waals surface area contributed by atoms with Crippen LogP contribution in [0.5, 0.6) is 0 Å². The predicted molar refractivity (Wildman–Crippen MR) is 148 cm³/mol. The van der Waals surface area contributed by atoms with Crippen molar-refractivity contribution in [1.82, 2.24) is 19.1 Å². The van der Waals surface area contributed by atoms with Gasteiger partial charge in [-0.15, -0.1) is 0 Å². The predicted octanol–water partition coefficient (Wildman–Crippen LogP) is 6.01. The fourth-order valence-corrected chi connectivity index (χ4v) is 4.62. The molecular formula is C30H28N6. The Labute approximate surface area is 210 Å². The van der Waals surface area contributed by atoms with Crippen LogP contribution in [0.25, 0.3) is 22.1 Å². The lowest BCUT2D eigenvalue weighted by Crippen LogP contribution is -2.18. The number of imidazole rings is 2. The Bertz CT molecular complexity index is 1460. The summed E-state index contributed by atoms with van der Waals surface area (Å²) in [6.07, 6.45) is 0. The van der Waals surface area contributed by atoms with Crippen molar-refractivity contribution in [2.45, 2.75) is 13.1 Å². The highest BCUT2D eigenvalue weighted by molar-refractivity contribution is 5.79. The van der Waals surface area contributed by atoms with Crippen LogP contribution < -0.4 is 10.6 Å². The number of benzene rings is 4. The summed E-state index contributed by atoms with van der Waals surface area (Å²) in [5, 5.41) is 7.10. The van der Waals surface area contributed by atoms with Crippen LogP contribution in [-0.4, -0.2) is 32.2 Å². The van der Waals surface area contributed by atoms with E-state index in [-0.39, 0.29) is 0 Å². The van der Waals surface area contributed by atoms with Crippen molar-refractivity contribution >= 4 is 34.0 Å². The average Bonchev–Trinajstić information content (AvgIpc) is 3.45. The fraction of sp³-hybridized carbons (Fsp3) is 0.133. The van der Waals surface area contributed by atoms with Crippen LogP contribution in [0.4, 0.5) is 11.9 Å². The summed E-state index contributed by atoms with van der Waals surface area (Å²) in [5.41, 5.74) is 6.73. The minimum Gasteiger partial charge on any atom is -0.354 e. The molecule has 0 aliphatic rings. The van der Waals surface area contributed by atoms with E-state index in [9.17, 15) is 0 Å². The van der Waals surface area contributed by atoms with Crippen molar-refractivity contribution < 1.29 is 0 Å². The molecular weight excluding hydrogens is 444 g/mol. The topological polar surface area (TPSA) is 59.7 Å². The van der Waals surface area contributed by atoms with E-state index >= 15 is 0 Å². The Morgan fingerprint density at radius 1 is 0.472 bits per heavy atom. The van der Waals surface area contributed by atoms with E-state index in [1.807, 2.05) is 24.3 Å². The van der Waals surface area contributed by atoms with Gasteiger partial charge in [-0.1, -0.05) is 84.9 Å². The molecule has 36 heavy (non-hydrogen) atoms. The second kappa shape index (κ2) is 9.96. The van der Waals surface area contributed by atoms with Crippen LogP contribution in [-0.2, 0) is 13.1 Å². The lowest BCUT2D eigenvalue weighted by atomic mass is 10.2. The van der Waals surface area contributed by atoms with Gasteiger partial charge >= 0.3 is 0 Å². The molecule has 2 aromatic heterocycles. The quantitative estimate of drug-likeness (QED) is 0.253. The third-order valence-electron chi connectivity index (χ3n) is 6.37. The van der Waals surface area contributed by atoms with Gasteiger partial charge < -0.3 is 19.8 Å². The summed E-state index contributed by atoms with van der Waals surface area (Å²) in [4.78, 5) is 9.73.